The number of hydrogen-bond acceptors (Lipinski definition) is 4. The van der Waals surface area contributed by atoms with Crippen molar-refractivity contribution in [2.24, 2.45) is 5.16 Å². The van der Waals surface area contributed by atoms with Crippen LogP contribution in [0.25, 0.3) is 0 Å². The minimum absolute atomic E-state index is 0.853. The third-order valence-electron chi connectivity index (χ3n) is 3.16. The summed E-state index contributed by atoms with van der Waals surface area (Å²) in [4.78, 5) is 2.35. The number of piperidine rings is 1. The van der Waals surface area contributed by atoms with Gasteiger partial charge in [-0.25, -0.2) is 0 Å². The highest BCUT2D eigenvalue weighted by Gasteiger charge is 2.16. The molecule has 1 aliphatic heterocycles. The second-order valence-corrected chi connectivity index (χ2v) is 4.25. The van der Waals surface area contributed by atoms with Crippen LogP contribution in [0.15, 0.2) is 29.4 Å². The molecule has 92 valence electrons. The van der Waals surface area contributed by atoms with Crippen LogP contribution in [0.5, 0.6) is 5.75 Å². The highest BCUT2D eigenvalue weighted by atomic mass is 16.5. The number of nitrogens with zero attached hydrogens (tertiary/aromatic N) is 2. The van der Waals surface area contributed by atoms with Crippen LogP contribution in [0, 0.1) is 0 Å². The summed E-state index contributed by atoms with van der Waals surface area (Å²) in [7, 11) is 1.70. The van der Waals surface area contributed by atoms with Gasteiger partial charge in [0.2, 0.25) is 0 Å². The van der Waals surface area contributed by atoms with Crippen LogP contribution in [0.2, 0.25) is 0 Å². The lowest BCUT2D eigenvalue weighted by Crippen LogP contribution is -2.33. The fourth-order valence-corrected chi connectivity index (χ4v) is 2.14. The lowest BCUT2D eigenvalue weighted by atomic mass is 10.1. The molecule has 1 heterocycles. The molecule has 2 rings (SSSR count). The molecule has 17 heavy (non-hydrogen) atoms. The van der Waals surface area contributed by atoms with Crippen molar-refractivity contribution in [1.29, 1.82) is 0 Å². The maximum atomic E-state index is 8.70. The number of hydrogen-bond donors (Lipinski definition) is 1. The Morgan fingerprint density at radius 1 is 1.29 bits per heavy atom. The Hall–Kier alpha value is -1.55. The van der Waals surface area contributed by atoms with Crippen LogP contribution < -0.4 is 4.74 Å². The Morgan fingerprint density at radius 3 is 2.65 bits per heavy atom. The lowest BCUT2D eigenvalue weighted by Gasteiger charge is -2.27. The number of methoxy groups -OCH3 is 1. The van der Waals surface area contributed by atoms with Gasteiger partial charge in [-0.1, -0.05) is 23.4 Å². The zero-order valence-electron chi connectivity index (χ0n) is 10.1. The molecule has 0 amide bonds. The minimum Gasteiger partial charge on any atom is -0.496 e. The van der Waals surface area contributed by atoms with Crippen molar-refractivity contribution in [1.82, 2.24) is 4.90 Å². The molecule has 1 aromatic carbocycles. The van der Waals surface area contributed by atoms with E-state index >= 15 is 0 Å². The summed E-state index contributed by atoms with van der Waals surface area (Å²) < 4.78 is 5.34. The second kappa shape index (κ2) is 5.68. The molecule has 1 N–H and O–H groups in total. The average molecular weight is 234 g/mol. The van der Waals surface area contributed by atoms with E-state index in [0.29, 0.717) is 0 Å². The van der Waals surface area contributed by atoms with Crippen molar-refractivity contribution in [3.05, 3.63) is 29.8 Å². The van der Waals surface area contributed by atoms with E-state index in [1.807, 2.05) is 18.2 Å². The predicted molar refractivity (Wildman–Crippen MR) is 66.7 cm³/mol. The molecule has 0 aliphatic carbocycles. The Labute approximate surface area is 101 Å². The number of likely N-dealkylation sites (tertiary alicyclic amines) is 1. The van der Waals surface area contributed by atoms with E-state index in [1.54, 1.807) is 7.11 Å². The highest BCUT2D eigenvalue weighted by Crippen LogP contribution is 2.20. The van der Waals surface area contributed by atoms with Gasteiger partial charge >= 0.3 is 0 Å². The minimum atomic E-state index is 0.853. The van der Waals surface area contributed by atoms with E-state index in [2.05, 4.69) is 16.1 Å². The first-order valence-corrected chi connectivity index (χ1v) is 5.87. The summed E-state index contributed by atoms with van der Waals surface area (Å²) in [6.07, 6.45) is 1.71. The molecule has 0 saturated carbocycles. The molecule has 4 nitrogen and oxygen atoms in total. The van der Waals surface area contributed by atoms with E-state index in [1.165, 1.54) is 5.56 Å². The van der Waals surface area contributed by atoms with Crippen molar-refractivity contribution < 1.29 is 9.94 Å². The van der Waals surface area contributed by atoms with Crippen molar-refractivity contribution in [3.63, 3.8) is 0 Å². The smallest absolute Gasteiger partial charge is 0.123 e. The summed E-state index contributed by atoms with van der Waals surface area (Å²) >= 11 is 0. The number of para-hydroxylation sites is 1. The maximum absolute atomic E-state index is 8.70. The van der Waals surface area contributed by atoms with Gasteiger partial charge in [0.15, 0.2) is 0 Å². The van der Waals surface area contributed by atoms with Gasteiger partial charge in [-0.15, -0.1) is 0 Å². The van der Waals surface area contributed by atoms with Gasteiger partial charge in [0.25, 0.3) is 0 Å². The monoisotopic (exact) mass is 234 g/mol. The first-order chi connectivity index (χ1) is 8.33. The van der Waals surface area contributed by atoms with Crippen LogP contribution in [0.3, 0.4) is 0 Å². The molecule has 0 unspecified atom stereocenters. The van der Waals surface area contributed by atoms with E-state index in [-0.39, 0.29) is 0 Å². The van der Waals surface area contributed by atoms with Crippen molar-refractivity contribution >= 4 is 5.71 Å². The molecule has 4 heteroatoms. The Balaban J connectivity index is 1.97. The molecule has 0 spiro atoms. The van der Waals surface area contributed by atoms with Crippen molar-refractivity contribution in [3.8, 4) is 5.75 Å². The Kier molecular flexibility index (Phi) is 3.98. The van der Waals surface area contributed by atoms with Crippen molar-refractivity contribution in [2.45, 2.75) is 19.4 Å². The lowest BCUT2D eigenvalue weighted by molar-refractivity contribution is 0.252. The van der Waals surface area contributed by atoms with Crippen LogP contribution >= 0.6 is 0 Å². The average Bonchev–Trinajstić information content (AvgIpc) is 2.40. The molecule has 0 bridgehead atoms. The zero-order valence-corrected chi connectivity index (χ0v) is 10.1. The number of oxime groups is 1. The van der Waals surface area contributed by atoms with Crippen LogP contribution in [-0.4, -0.2) is 36.0 Å². The second-order valence-electron chi connectivity index (χ2n) is 4.25. The topological polar surface area (TPSA) is 45.1 Å². The molecule has 1 aliphatic rings. The Bertz CT molecular complexity index is 394. The van der Waals surface area contributed by atoms with Gasteiger partial charge in [-0.05, 0) is 6.07 Å². The SMILES string of the molecule is COc1ccccc1CN1CCC(=NO)CC1. The van der Waals surface area contributed by atoms with E-state index in [0.717, 1.165) is 43.9 Å². The zero-order chi connectivity index (χ0) is 12.1. The fraction of sp³-hybridized carbons (Fsp3) is 0.462. The first-order valence-electron chi connectivity index (χ1n) is 5.87. The molecule has 0 aromatic heterocycles. The molecule has 1 saturated heterocycles. The largest absolute Gasteiger partial charge is 0.496 e. The first kappa shape index (κ1) is 11.9. The fourth-order valence-electron chi connectivity index (χ4n) is 2.14. The number of rotatable bonds is 3. The molecule has 1 aromatic rings. The molecule has 1 fully saturated rings. The predicted octanol–water partition coefficient (Wildman–Crippen LogP) is 2.12. The summed E-state index contributed by atoms with van der Waals surface area (Å²) in [5.74, 6) is 0.939. The summed E-state index contributed by atoms with van der Waals surface area (Å²) in [6.45, 7) is 2.78. The van der Waals surface area contributed by atoms with Crippen LogP contribution in [0.4, 0.5) is 0 Å². The summed E-state index contributed by atoms with van der Waals surface area (Å²) in [5, 5.41) is 12.0. The summed E-state index contributed by atoms with van der Waals surface area (Å²) in [6, 6.07) is 8.09. The quantitative estimate of drug-likeness (QED) is 0.643. The number of ether oxygens (including phenoxy) is 1. The van der Waals surface area contributed by atoms with Crippen LogP contribution in [0.1, 0.15) is 18.4 Å². The van der Waals surface area contributed by atoms with Gasteiger partial charge in [-0.3, -0.25) is 4.90 Å². The van der Waals surface area contributed by atoms with Gasteiger partial charge in [-0.2, -0.15) is 0 Å². The van der Waals surface area contributed by atoms with Gasteiger partial charge in [0, 0.05) is 38.0 Å². The van der Waals surface area contributed by atoms with Crippen LogP contribution in [-0.2, 0) is 6.54 Å². The van der Waals surface area contributed by atoms with E-state index in [4.69, 9.17) is 9.94 Å². The third kappa shape index (κ3) is 2.97. The Morgan fingerprint density at radius 2 is 2.00 bits per heavy atom. The van der Waals surface area contributed by atoms with E-state index in [9.17, 15) is 0 Å². The summed E-state index contributed by atoms with van der Waals surface area (Å²) in [5.41, 5.74) is 2.11. The van der Waals surface area contributed by atoms with Crippen molar-refractivity contribution in [2.75, 3.05) is 20.2 Å². The number of benzene rings is 1. The van der Waals surface area contributed by atoms with Gasteiger partial charge in [0.05, 0.1) is 12.8 Å². The van der Waals surface area contributed by atoms with E-state index < -0.39 is 0 Å². The maximum Gasteiger partial charge on any atom is 0.123 e. The highest BCUT2D eigenvalue weighted by molar-refractivity contribution is 5.84. The van der Waals surface area contributed by atoms with Gasteiger partial charge in [0.1, 0.15) is 5.75 Å². The standard InChI is InChI=1S/C13H18N2O2/c1-17-13-5-3-2-4-11(13)10-15-8-6-12(14-16)7-9-15/h2-5,16H,6-10H2,1H3. The van der Waals surface area contributed by atoms with Gasteiger partial charge < -0.3 is 9.94 Å². The normalized spacial score (nSPS) is 16.9. The molecular weight excluding hydrogens is 216 g/mol. The molecular formula is C13H18N2O2. The molecule has 0 radical (unpaired) electrons. The third-order valence-corrected chi connectivity index (χ3v) is 3.16. The molecule has 0 atom stereocenters.